The first-order chi connectivity index (χ1) is 10.8. The minimum Gasteiger partial charge on any atom is -0.472 e. The van der Waals surface area contributed by atoms with E-state index in [1.165, 1.54) is 0 Å². The minimum absolute atomic E-state index is 0.0958. The molecule has 1 unspecified atom stereocenters. The molecule has 0 spiro atoms. The van der Waals surface area contributed by atoms with Gasteiger partial charge < -0.3 is 14.8 Å². The van der Waals surface area contributed by atoms with E-state index < -0.39 is 0 Å². The smallest absolute Gasteiger partial charge is 0.213 e. The van der Waals surface area contributed by atoms with E-state index in [-0.39, 0.29) is 6.10 Å². The monoisotopic (exact) mass is 296 g/mol. The molecule has 1 atom stereocenters. The maximum atomic E-state index is 8.72. The summed E-state index contributed by atoms with van der Waals surface area (Å²) in [4.78, 5) is 8.25. The van der Waals surface area contributed by atoms with Gasteiger partial charge in [-0.25, -0.2) is 9.97 Å². The third kappa shape index (κ3) is 3.71. The number of nitrogens with zero attached hydrogens (tertiary/aromatic N) is 3. The lowest BCUT2D eigenvalue weighted by Gasteiger charge is -2.12. The van der Waals surface area contributed by atoms with Crippen molar-refractivity contribution in [2.75, 3.05) is 18.5 Å². The van der Waals surface area contributed by atoms with Gasteiger partial charge in [-0.3, -0.25) is 0 Å². The van der Waals surface area contributed by atoms with Crippen LogP contribution in [0.1, 0.15) is 17.7 Å². The molecule has 2 aromatic heterocycles. The molecule has 0 aliphatic carbocycles. The maximum absolute atomic E-state index is 8.72. The van der Waals surface area contributed by atoms with Crippen molar-refractivity contribution in [3.05, 3.63) is 47.9 Å². The Hall–Kier alpha value is -2.65. The molecule has 0 bridgehead atoms. The molecule has 0 amide bonds. The Morgan fingerprint density at radius 3 is 3.05 bits per heavy atom. The van der Waals surface area contributed by atoms with Crippen molar-refractivity contribution in [1.82, 2.24) is 9.97 Å². The van der Waals surface area contributed by atoms with Gasteiger partial charge in [0.15, 0.2) is 0 Å². The number of anilines is 1. The summed E-state index contributed by atoms with van der Waals surface area (Å²) in [5, 5.41) is 12.0. The van der Waals surface area contributed by atoms with Crippen molar-refractivity contribution in [1.29, 1.82) is 5.26 Å². The van der Waals surface area contributed by atoms with Crippen LogP contribution in [0.15, 0.2) is 36.7 Å². The van der Waals surface area contributed by atoms with E-state index in [4.69, 9.17) is 14.7 Å². The fourth-order valence-electron chi connectivity index (χ4n) is 2.17. The molecule has 0 radical (unpaired) electrons. The summed E-state index contributed by atoms with van der Waals surface area (Å²) in [6, 6.07) is 9.36. The van der Waals surface area contributed by atoms with Crippen molar-refractivity contribution in [2.45, 2.75) is 19.1 Å². The number of aromatic nitrogens is 2. The molecule has 1 fully saturated rings. The average Bonchev–Trinajstić information content (AvgIpc) is 3.07. The maximum Gasteiger partial charge on any atom is 0.213 e. The van der Waals surface area contributed by atoms with Crippen LogP contribution in [0, 0.1) is 11.3 Å². The Bertz CT molecular complexity index is 661. The molecule has 6 nitrogen and oxygen atoms in total. The molecule has 6 heteroatoms. The van der Waals surface area contributed by atoms with Crippen LogP contribution in [-0.4, -0.2) is 29.3 Å². The summed E-state index contributed by atoms with van der Waals surface area (Å²) in [7, 11) is 0. The molecule has 3 heterocycles. The topological polar surface area (TPSA) is 80.1 Å². The standard InChI is InChI=1S/C16H16N4O2/c17-8-13-1-2-14(10-20-13)19-9-12-3-5-18-16(7-12)22-15-4-6-21-11-15/h1-3,5,7,10,15,19H,4,6,9,11H2. The Kier molecular flexibility index (Phi) is 4.47. The fourth-order valence-corrected chi connectivity index (χ4v) is 2.17. The summed E-state index contributed by atoms with van der Waals surface area (Å²) < 4.78 is 11.1. The van der Waals surface area contributed by atoms with Crippen LogP contribution in [0.3, 0.4) is 0 Å². The second-order valence-corrected chi connectivity index (χ2v) is 5.00. The Balaban J connectivity index is 1.58. The molecule has 22 heavy (non-hydrogen) atoms. The van der Waals surface area contributed by atoms with Crippen molar-refractivity contribution >= 4 is 5.69 Å². The number of nitriles is 1. The van der Waals surface area contributed by atoms with Crippen molar-refractivity contribution in [3.63, 3.8) is 0 Å². The van der Waals surface area contributed by atoms with E-state index in [1.807, 2.05) is 24.3 Å². The molecular weight excluding hydrogens is 280 g/mol. The zero-order valence-electron chi connectivity index (χ0n) is 12.0. The highest BCUT2D eigenvalue weighted by Gasteiger charge is 2.17. The predicted octanol–water partition coefficient (Wildman–Crippen LogP) is 2.13. The van der Waals surface area contributed by atoms with E-state index in [1.54, 1.807) is 18.5 Å². The van der Waals surface area contributed by atoms with Gasteiger partial charge in [0.1, 0.15) is 17.9 Å². The zero-order chi connectivity index (χ0) is 15.2. The fraction of sp³-hybridized carbons (Fsp3) is 0.312. The molecule has 0 saturated carbocycles. The molecule has 112 valence electrons. The number of ether oxygens (including phenoxy) is 2. The lowest BCUT2D eigenvalue weighted by molar-refractivity contribution is 0.138. The number of nitrogens with one attached hydrogen (secondary N) is 1. The van der Waals surface area contributed by atoms with Gasteiger partial charge in [0.25, 0.3) is 0 Å². The minimum atomic E-state index is 0.0958. The molecule has 2 aromatic rings. The number of hydrogen-bond acceptors (Lipinski definition) is 6. The predicted molar refractivity (Wildman–Crippen MR) is 80.4 cm³/mol. The summed E-state index contributed by atoms with van der Waals surface area (Å²) in [5.74, 6) is 0.618. The lowest BCUT2D eigenvalue weighted by Crippen LogP contribution is -2.16. The van der Waals surface area contributed by atoms with Crippen LogP contribution in [-0.2, 0) is 11.3 Å². The van der Waals surface area contributed by atoms with E-state index in [2.05, 4.69) is 15.3 Å². The van der Waals surface area contributed by atoms with Gasteiger partial charge in [-0.05, 0) is 23.8 Å². The Morgan fingerprint density at radius 1 is 1.36 bits per heavy atom. The summed E-state index contributed by atoms with van der Waals surface area (Å²) >= 11 is 0. The summed E-state index contributed by atoms with van der Waals surface area (Å²) in [6.45, 7) is 2.01. The highest BCUT2D eigenvalue weighted by atomic mass is 16.5. The van der Waals surface area contributed by atoms with Crippen LogP contribution >= 0.6 is 0 Å². The second-order valence-electron chi connectivity index (χ2n) is 5.00. The molecule has 0 aromatic carbocycles. The lowest BCUT2D eigenvalue weighted by atomic mass is 10.2. The van der Waals surface area contributed by atoms with Crippen molar-refractivity contribution < 1.29 is 9.47 Å². The number of hydrogen-bond donors (Lipinski definition) is 1. The van der Waals surface area contributed by atoms with Crippen LogP contribution in [0.25, 0.3) is 0 Å². The first kappa shape index (κ1) is 14.3. The quantitative estimate of drug-likeness (QED) is 0.910. The van der Waals surface area contributed by atoms with Crippen LogP contribution < -0.4 is 10.1 Å². The second kappa shape index (κ2) is 6.87. The summed E-state index contributed by atoms with van der Waals surface area (Å²) in [5.41, 5.74) is 2.33. The van der Waals surface area contributed by atoms with E-state index in [0.717, 1.165) is 24.3 Å². The SMILES string of the molecule is N#Cc1ccc(NCc2ccnc(OC3CCOC3)c2)cn1. The molecule has 1 N–H and O–H groups in total. The average molecular weight is 296 g/mol. The molecule has 3 rings (SSSR count). The first-order valence-corrected chi connectivity index (χ1v) is 7.13. The van der Waals surface area contributed by atoms with E-state index in [9.17, 15) is 0 Å². The van der Waals surface area contributed by atoms with Gasteiger partial charge in [-0.15, -0.1) is 0 Å². The van der Waals surface area contributed by atoms with E-state index in [0.29, 0.717) is 24.7 Å². The van der Waals surface area contributed by atoms with Gasteiger partial charge in [0.2, 0.25) is 5.88 Å². The van der Waals surface area contributed by atoms with Crippen LogP contribution in [0.2, 0.25) is 0 Å². The molecule has 1 aliphatic rings. The van der Waals surface area contributed by atoms with Gasteiger partial charge in [-0.1, -0.05) is 0 Å². The third-order valence-electron chi connectivity index (χ3n) is 3.35. The van der Waals surface area contributed by atoms with Crippen molar-refractivity contribution in [3.8, 4) is 11.9 Å². The van der Waals surface area contributed by atoms with Crippen LogP contribution in [0.4, 0.5) is 5.69 Å². The largest absolute Gasteiger partial charge is 0.472 e. The van der Waals surface area contributed by atoms with Crippen molar-refractivity contribution in [2.24, 2.45) is 0 Å². The summed E-state index contributed by atoms with van der Waals surface area (Å²) in [6.07, 6.45) is 4.38. The van der Waals surface area contributed by atoms with Crippen LogP contribution in [0.5, 0.6) is 5.88 Å². The highest BCUT2D eigenvalue weighted by Crippen LogP contribution is 2.16. The molecule has 1 saturated heterocycles. The Labute approximate surface area is 128 Å². The first-order valence-electron chi connectivity index (χ1n) is 7.13. The molecule has 1 aliphatic heterocycles. The normalized spacial score (nSPS) is 17.0. The third-order valence-corrected chi connectivity index (χ3v) is 3.35. The Morgan fingerprint density at radius 2 is 2.32 bits per heavy atom. The van der Waals surface area contributed by atoms with Gasteiger partial charge in [0.05, 0.1) is 25.1 Å². The number of rotatable bonds is 5. The molecular formula is C16H16N4O2. The zero-order valence-corrected chi connectivity index (χ0v) is 12.0. The van der Waals surface area contributed by atoms with Gasteiger partial charge in [0, 0.05) is 25.2 Å². The van der Waals surface area contributed by atoms with Gasteiger partial charge >= 0.3 is 0 Å². The number of pyridine rings is 2. The van der Waals surface area contributed by atoms with Gasteiger partial charge in [-0.2, -0.15) is 5.26 Å². The van der Waals surface area contributed by atoms with E-state index >= 15 is 0 Å². The highest BCUT2D eigenvalue weighted by molar-refractivity contribution is 5.43.